The SMILES string of the molecule is O=C(c1ccc2c(c1)OCO2)N1CCC[C@H](c2nnc(-c3ccsc3)o2)C1. The second-order valence-electron chi connectivity index (χ2n) is 6.62. The zero-order chi connectivity index (χ0) is 18.2. The Labute approximate surface area is 159 Å². The molecule has 0 radical (unpaired) electrons. The van der Waals surface area contributed by atoms with E-state index in [0.29, 0.717) is 35.4 Å². The van der Waals surface area contributed by atoms with Gasteiger partial charge in [-0.15, -0.1) is 10.2 Å². The fourth-order valence-electron chi connectivity index (χ4n) is 3.48. The Hall–Kier alpha value is -2.87. The average Bonchev–Trinajstić information content (AvgIpc) is 3.47. The number of hydrogen-bond acceptors (Lipinski definition) is 7. The molecule has 0 aliphatic carbocycles. The van der Waals surface area contributed by atoms with Crippen LogP contribution in [-0.2, 0) is 0 Å². The minimum Gasteiger partial charge on any atom is -0.454 e. The summed E-state index contributed by atoms with van der Waals surface area (Å²) in [4.78, 5) is 14.8. The molecule has 1 fully saturated rings. The van der Waals surface area contributed by atoms with Crippen LogP contribution in [0.3, 0.4) is 0 Å². The zero-order valence-electron chi connectivity index (χ0n) is 14.5. The minimum absolute atomic E-state index is 0.0180. The molecule has 1 saturated heterocycles. The zero-order valence-corrected chi connectivity index (χ0v) is 15.3. The van der Waals surface area contributed by atoms with Gasteiger partial charge in [0, 0.05) is 29.6 Å². The monoisotopic (exact) mass is 383 g/mol. The lowest BCUT2D eigenvalue weighted by Crippen LogP contribution is -2.39. The highest BCUT2D eigenvalue weighted by Gasteiger charge is 2.29. The van der Waals surface area contributed by atoms with Gasteiger partial charge in [0.05, 0.1) is 5.92 Å². The van der Waals surface area contributed by atoms with Gasteiger partial charge in [-0.3, -0.25) is 4.79 Å². The Bertz CT molecular complexity index is 969. The lowest BCUT2D eigenvalue weighted by atomic mass is 9.97. The predicted molar refractivity (Wildman–Crippen MR) is 98.1 cm³/mol. The summed E-state index contributed by atoms with van der Waals surface area (Å²) >= 11 is 1.59. The molecule has 0 N–H and O–H groups in total. The summed E-state index contributed by atoms with van der Waals surface area (Å²) in [6, 6.07) is 7.26. The van der Waals surface area contributed by atoms with E-state index in [1.54, 1.807) is 29.5 Å². The highest BCUT2D eigenvalue weighted by atomic mass is 32.1. The van der Waals surface area contributed by atoms with Crippen molar-refractivity contribution < 1.29 is 18.7 Å². The van der Waals surface area contributed by atoms with E-state index in [1.807, 2.05) is 21.7 Å². The predicted octanol–water partition coefficient (Wildman–Crippen LogP) is 3.55. The van der Waals surface area contributed by atoms with Gasteiger partial charge in [-0.05, 0) is 42.5 Å². The molecule has 0 unspecified atom stereocenters. The van der Waals surface area contributed by atoms with Crippen molar-refractivity contribution in [1.82, 2.24) is 15.1 Å². The Morgan fingerprint density at radius 3 is 3.00 bits per heavy atom. The largest absolute Gasteiger partial charge is 0.454 e. The van der Waals surface area contributed by atoms with E-state index in [4.69, 9.17) is 13.9 Å². The number of carbonyl (C=O) groups excluding carboxylic acids is 1. The molecular formula is C19H17N3O4S. The van der Waals surface area contributed by atoms with Crippen LogP contribution in [0.2, 0.25) is 0 Å². The lowest BCUT2D eigenvalue weighted by Gasteiger charge is -2.31. The molecule has 1 atom stereocenters. The van der Waals surface area contributed by atoms with E-state index in [0.717, 1.165) is 24.9 Å². The second-order valence-corrected chi connectivity index (χ2v) is 7.40. The van der Waals surface area contributed by atoms with Crippen molar-refractivity contribution in [2.45, 2.75) is 18.8 Å². The number of amides is 1. The smallest absolute Gasteiger partial charge is 0.254 e. The van der Waals surface area contributed by atoms with E-state index in [1.165, 1.54) is 0 Å². The van der Waals surface area contributed by atoms with Gasteiger partial charge in [0.2, 0.25) is 18.6 Å². The average molecular weight is 383 g/mol. The maximum Gasteiger partial charge on any atom is 0.254 e. The Kier molecular flexibility index (Phi) is 4.05. The Morgan fingerprint density at radius 2 is 2.11 bits per heavy atom. The molecule has 0 saturated carbocycles. The number of rotatable bonds is 3. The number of piperidine rings is 1. The molecule has 2 aromatic heterocycles. The first-order chi connectivity index (χ1) is 13.3. The summed E-state index contributed by atoms with van der Waals surface area (Å²) in [5, 5.41) is 12.3. The van der Waals surface area contributed by atoms with Crippen molar-refractivity contribution in [2.75, 3.05) is 19.9 Å². The summed E-state index contributed by atoms with van der Waals surface area (Å²) < 4.78 is 16.6. The molecule has 138 valence electrons. The van der Waals surface area contributed by atoms with E-state index in [-0.39, 0.29) is 18.6 Å². The number of benzene rings is 1. The summed E-state index contributed by atoms with van der Waals surface area (Å²) in [5.74, 6) is 2.46. The van der Waals surface area contributed by atoms with E-state index in [2.05, 4.69) is 10.2 Å². The molecular weight excluding hydrogens is 366 g/mol. The number of hydrogen-bond donors (Lipinski definition) is 0. The van der Waals surface area contributed by atoms with Crippen LogP contribution in [0.1, 0.15) is 35.0 Å². The molecule has 0 bridgehead atoms. The van der Waals surface area contributed by atoms with E-state index >= 15 is 0 Å². The highest BCUT2D eigenvalue weighted by Crippen LogP contribution is 2.34. The molecule has 5 rings (SSSR count). The topological polar surface area (TPSA) is 77.7 Å². The first kappa shape index (κ1) is 16.3. The van der Waals surface area contributed by atoms with Crippen molar-refractivity contribution in [3.8, 4) is 23.0 Å². The van der Waals surface area contributed by atoms with Gasteiger partial charge in [-0.25, -0.2) is 0 Å². The summed E-state index contributed by atoms with van der Waals surface area (Å²) in [5.41, 5.74) is 1.53. The Morgan fingerprint density at radius 1 is 1.19 bits per heavy atom. The van der Waals surface area contributed by atoms with Crippen molar-refractivity contribution >= 4 is 17.2 Å². The third kappa shape index (κ3) is 3.06. The summed E-state index contributed by atoms with van der Waals surface area (Å²) in [6.07, 6.45) is 1.83. The number of fused-ring (bicyclic) bond motifs is 1. The molecule has 8 heteroatoms. The molecule has 1 aromatic carbocycles. The Balaban J connectivity index is 1.33. The number of aromatic nitrogens is 2. The van der Waals surface area contributed by atoms with Gasteiger partial charge in [0.1, 0.15) is 0 Å². The van der Waals surface area contributed by atoms with Crippen LogP contribution in [0.15, 0.2) is 39.4 Å². The first-order valence-electron chi connectivity index (χ1n) is 8.83. The molecule has 3 aromatic rings. The fourth-order valence-corrected chi connectivity index (χ4v) is 4.11. The van der Waals surface area contributed by atoms with Crippen molar-refractivity contribution in [1.29, 1.82) is 0 Å². The van der Waals surface area contributed by atoms with Crippen LogP contribution < -0.4 is 9.47 Å². The van der Waals surface area contributed by atoms with Crippen LogP contribution in [0.4, 0.5) is 0 Å². The maximum absolute atomic E-state index is 12.9. The maximum atomic E-state index is 12.9. The third-order valence-corrected chi connectivity index (χ3v) is 5.57. The fraction of sp³-hybridized carbons (Fsp3) is 0.316. The van der Waals surface area contributed by atoms with Gasteiger partial charge in [-0.1, -0.05) is 0 Å². The van der Waals surface area contributed by atoms with Crippen LogP contribution in [0, 0.1) is 0 Å². The number of ether oxygens (including phenoxy) is 2. The van der Waals surface area contributed by atoms with Crippen molar-refractivity contribution in [2.24, 2.45) is 0 Å². The normalized spacial score (nSPS) is 18.7. The van der Waals surface area contributed by atoms with Gasteiger partial charge >= 0.3 is 0 Å². The van der Waals surface area contributed by atoms with Crippen molar-refractivity contribution in [3.63, 3.8) is 0 Å². The van der Waals surface area contributed by atoms with Gasteiger partial charge < -0.3 is 18.8 Å². The van der Waals surface area contributed by atoms with Gasteiger partial charge in [0.25, 0.3) is 5.91 Å². The molecule has 2 aliphatic rings. The molecule has 27 heavy (non-hydrogen) atoms. The molecule has 2 aliphatic heterocycles. The van der Waals surface area contributed by atoms with Gasteiger partial charge in [0.15, 0.2) is 11.5 Å². The number of likely N-dealkylation sites (tertiary alicyclic amines) is 1. The van der Waals surface area contributed by atoms with E-state index < -0.39 is 0 Å². The van der Waals surface area contributed by atoms with Crippen LogP contribution >= 0.6 is 11.3 Å². The molecule has 4 heterocycles. The van der Waals surface area contributed by atoms with Crippen LogP contribution in [-0.4, -0.2) is 40.9 Å². The molecule has 7 nitrogen and oxygen atoms in total. The van der Waals surface area contributed by atoms with Gasteiger partial charge in [-0.2, -0.15) is 11.3 Å². The van der Waals surface area contributed by atoms with Crippen LogP contribution in [0.5, 0.6) is 11.5 Å². The molecule has 1 amide bonds. The number of carbonyl (C=O) groups is 1. The summed E-state index contributed by atoms with van der Waals surface area (Å²) in [7, 11) is 0. The standard InChI is InChI=1S/C19H17N3O4S/c23-19(12-3-4-15-16(8-12)25-11-24-15)22-6-1-2-13(9-22)17-20-21-18(26-17)14-5-7-27-10-14/h3-5,7-8,10,13H,1-2,6,9,11H2/t13-/m0/s1. The minimum atomic E-state index is -0.0180. The number of thiophene rings is 1. The third-order valence-electron chi connectivity index (χ3n) is 4.89. The second kappa shape index (κ2) is 6.70. The summed E-state index contributed by atoms with van der Waals surface area (Å²) in [6.45, 7) is 1.48. The quantitative estimate of drug-likeness (QED) is 0.688. The van der Waals surface area contributed by atoms with Crippen LogP contribution in [0.25, 0.3) is 11.5 Å². The first-order valence-corrected chi connectivity index (χ1v) is 9.77. The van der Waals surface area contributed by atoms with E-state index in [9.17, 15) is 4.79 Å². The lowest BCUT2D eigenvalue weighted by molar-refractivity contribution is 0.0698. The highest BCUT2D eigenvalue weighted by molar-refractivity contribution is 7.08. The van der Waals surface area contributed by atoms with Crippen molar-refractivity contribution in [3.05, 3.63) is 46.5 Å². The number of nitrogens with zero attached hydrogens (tertiary/aromatic N) is 3. The molecule has 0 spiro atoms.